The van der Waals surface area contributed by atoms with Crippen molar-refractivity contribution in [3.8, 4) is 0 Å². The SMILES string of the molecule is COC(=O)c1ccccc1NC(=O)c1cc(Nc2cccc(Cl)c2)ncn1. The van der Waals surface area contributed by atoms with Crippen molar-refractivity contribution in [2.24, 2.45) is 0 Å². The quantitative estimate of drug-likeness (QED) is 0.650. The van der Waals surface area contributed by atoms with Crippen LogP contribution in [0.3, 0.4) is 0 Å². The van der Waals surface area contributed by atoms with E-state index in [0.29, 0.717) is 16.5 Å². The first-order valence-electron chi connectivity index (χ1n) is 7.90. The molecule has 0 aliphatic rings. The summed E-state index contributed by atoms with van der Waals surface area (Å²) in [5.41, 5.74) is 1.44. The number of amides is 1. The van der Waals surface area contributed by atoms with Crippen molar-refractivity contribution in [2.75, 3.05) is 17.7 Å². The number of esters is 1. The van der Waals surface area contributed by atoms with Gasteiger partial charge in [-0.15, -0.1) is 0 Å². The summed E-state index contributed by atoms with van der Waals surface area (Å²) in [5, 5.41) is 6.29. The zero-order valence-corrected chi connectivity index (χ0v) is 15.0. The largest absolute Gasteiger partial charge is 0.465 e. The highest BCUT2D eigenvalue weighted by molar-refractivity contribution is 6.30. The number of carbonyl (C=O) groups is 2. The lowest BCUT2D eigenvalue weighted by Crippen LogP contribution is -2.17. The third kappa shape index (κ3) is 4.59. The maximum atomic E-state index is 12.5. The van der Waals surface area contributed by atoms with Crippen molar-refractivity contribution in [1.29, 1.82) is 0 Å². The highest BCUT2D eigenvalue weighted by Crippen LogP contribution is 2.20. The third-order valence-corrected chi connectivity index (χ3v) is 3.81. The van der Waals surface area contributed by atoms with Crippen molar-refractivity contribution in [1.82, 2.24) is 9.97 Å². The topological polar surface area (TPSA) is 93.2 Å². The van der Waals surface area contributed by atoms with E-state index >= 15 is 0 Å². The number of nitrogens with one attached hydrogen (secondary N) is 2. The van der Waals surface area contributed by atoms with Gasteiger partial charge in [-0.25, -0.2) is 14.8 Å². The number of nitrogens with zero attached hydrogens (tertiary/aromatic N) is 2. The first kappa shape index (κ1) is 18.3. The molecule has 1 amide bonds. The molecule has 8 heteroatoms. The standard InChI is InChI=1S/C19H15ClN4O3/c1-27-19(26)14-7-2-3-8-15(14)24-18(25)16-10-17(22-11-21-16)23-13-6-4-5-12(20)9-13/h2-11H,1H3,(H,24,25)(H,21,22,23). The molecule has 0 saturated heterocycles. The van der Waals surface area contributed by atoms with E-state index in [2.05, 4.69) is 20.6 Å². The zero-order valence-electron chi connectivity index (χ0n) is 14.3. The number of para-hydroxylation sites is 1. The van der Waals surface area contributed by atoms with Gasteiger partial charge in [0.15, 0.2) is 0 Å². The minimum absolute atomic E-state index is 0.134. The van der Waals surface area contributed by atoms with Gasteiger partial charge in [0.05, 0.1) is 18.4 Å². The molecule has 3 rings (SSSR count). The van der Waals surface area contributed by atoms with Crippen molar-refractivity contribution < 1.29 is 14.3 Å². The second-order valence-electron chi connectivity index (χ2n) is 5.42. The molecule has 2 N–H and O–H groups in total. The fourth-order valence-electron chi connectivity index (χ4n) is 2.33. The van der Waals surface area contributed by atoms with Gasteiger partial charge in [-0.3, -0.25) is 4.79 Å². The number of hydrogen-bond acceptors (Lipinski definition) is 6. The maximum absolute atomic E-state index is 12.5. The Balaban J connectivity index is 1.79. The summed E-state index contributed by atoms with van der Waals surface area (Å²) in [6.07, 6.45) is 1.27. The van der Waals surface area contributed by atoms with Gasteiger partial charge in [0.1, 0.15) is 17.8 Å². The van der Waals surface area contributed by atoms with Gasteiger partial charge in [-0.1, -0.05) is 29.8 Å². The van der Waals surface area contributed by atoms with E-state index in [9.17, 15) is 9.59 Å². The Morgan fingerprint density at radius 1 is 1.04 bits per heavy atom. The molecule has 1 heterocycles. The van der Waals surface area contributed by atoms with Gasteiger partial charge < -0.3 is 15.4 Å². The molecule has 0 aliphatic heterocycles. The summed E-state index contributed by atoms with van der Waals surface area (Å²) in [6, 6.07) is 15.2. The second kappa shape index (κ2) is 8.29. The molecule has 2 aromatic carbocycles. The van der Waals surface area contributed by atoms with Crippen molar-refractivity contribution in [2.45, 2.75) is 0 Å². The molecule has 7 nitrogen and oxygen atoms in total. The molecule has 27 heavy (non-hydrogen) atoms. The average Bonchev–Trinajstić information content (AvgIpc) is 2.68. The third-order valence-electron chi connectivity index (χ3n) is 3.58. The van der Waals surface area contributed by atoms with Gasteiger partial charge in [-0.05, 0) is 30.3 Å². The highest BCUT2D eigenvalue weighted by atomic mass is 35.5. The number of anilines is 3. The van der Waals surface area contributed by atoms with Crippen molar-refractivity contribution in [3.05, 3.63) is 77.2 Å². The fourth-order valence-corrected chi connectivity index (χ4v) is 2.52. The number of hydrogen-bond donors (Lipinski definition) is 2. The molecule has 0 fully saturated rings. The van der Waals surface area contributed by atoms with Crippen molar-refractivity contribution in [3.63, 3.8) is 0 Å². The summed E-state index contributed by atoms with van der Waals surface area (Å²) in [5.74, 6) is -0.599. The van der Waals surface area contributed by atoms with Crippen LogP contribution in [0.1, 0.15) is 20.8 Å². The lowest BCUT2D eigenvalue weighted by molar-refractivity contribution is 0.0602. The maximum Gasteiger partial charge on any atom is 0.339 e. The monoisotopic (exact) mass is 382 g/mol. The van der Waals surface area contributed by atoms with Crippen LogP contribution in [0.2, 0.25) is 5.02 Å². The minimum Gasteiger partial charge on any atom is -0.465 e. The lowest BCUT2D eigenvalue weighted by atomic mass is 10.1. The van der Waals surface area contributed by atoms with Gasteiger partial charge in [-0.2, -0.15) is 0 Å². The zero-order chi connectivity index (χ0) is 19.2. The number of rotatable bonds is 5. The highest BCUT2D eigenvalue weighted by Gasteiger charge is 2.15. The Morgan fingerprint density at radius 3 is 2.63 bits per heavy atom. The van der Waals surface area contributed by atoms with Crippen LogP contribution in [-0.4, -0.2) is 29.0 Å². The summed E-state index contributed by atoms with van der Waals surface area (Å²) >= 11 is 5.96. The molecule has 0 aliphatic carbocycles. The first-order valence-corrected chi connectivity index (χ1v) is 8.28. The van der Waals surface area contributed by atoms with Gasteiger partial charge in [0.2, 0.25) is 0 Å². The fraction of sp³-hybridized carbons (Fsp3) is 0.0526. The van der Waals surface area contributed by atoms with Crippen LogP contribution in [-0.2, 0) is 4.74 Å². The molecule has 0 atom stereocenters. The molecule has 136 valence electrons. The Bertz CT molecular complexity index is 994. The summed E-state index contributed by atoms with van der Waals surface area (Å²) < 4.78 is 4.72. The molecule has 1 aromatic heterocycles. The van der Waals surface area contributed by atoms with Crippen LogP contribution >= 0.6 is 11.6 Å². The van der Waals surface area contributed by atoms with Crippen LogP contribution in [0.15, 0.2) is 60.9 Å². The van der Waals surface area contributed by atoms with E-state index in [-0.39, 0.29) is 11.3 Å². The number of methoxy groups -OCH3 is 1. The molecular weight excluding hydrogens is 368 g/mol. The summed E-state index contributed by atoms with van der Waals surface area (Å²) in [4.78, 5) is 32.4. The summed E-state index contributed by atoms with van der Waals surface area (Å²) in [6.45, 7) is 0. The predicted octanol–water partition coefficient (Wildman–Crippen LogP) is 3.91. The van der Waals surface area contributed by atoms with Gasteiger partial charge in [0, 0.05) is 16.8 Å². The Kier molecular flexibility index (Phi) is 5.63. The predicted molar refractivity (Wildman–Crippen MR) is 103 cm³/mol. The number of carbonyl (C=O) groups excluding carboxylic acids is 2. The van der Waals surface area contributed by atoms with Crippen LogP contribution in [0, 0.1) is 0 Å². The van der Waals surface area contributed by atoms with E-state index in [1.807, 2.05) is 6.07 Å². The molecular formula is C19H15ClN4O3. The minimum atomic E-state index is -0.545. The number of ether oxygens (including phenoxy) is 1. The van der Waals surface area contributed by atoms with E-state index in [1.54, 1.807) is 42.5 Å². The van der Waals surface area contributed by atoms with Crippen LogP contribution in [0.25, 0.3) is 0 Å². The van der Waals surface area contributed by atoms with Gasteiger partial charge in [0.25, 0.3) is 5.91 Å². The lowest BCUT2D eigenvalue weighted by Gasteiger charge is -2.10. The van der Waals surface area contributed by atoms with Gasteiger partial charge >= 0.3 is 5.97 Å². The molecule has 3 aromatic rings. The second-order valence-corrected chi connectivity index (χ2v) is 5.85. The van der Waals surface area contributed by atoms with Crippen LogP contribution in [0.4, 0.5) is 17.2 Å². The van der Waals surface area contributed by atoms with Crippen LogP contribution < -0.4 is 10.6 Å². The number of halogens is 1. The van der Waals surface area contributed by atoms with E-state index in [4.69, 9.17) is 16.3 Å². The number of benzene rings is 2. The van der Waals surface area contributed by atoms with Crippen LogP contribution in [0.5, 0.6) is 0 Å². The molecule has 0 radical (unpaired) electrons. The average molecular weight is 383 g/mol. The molecule has 0 spiro atoms. The molecule has 0 saturated carbocycles. The molecule has 0 unspecified atom stereocenters. The Hall–Kier alpha value is -3.45. The van der Waals surface area contributed by atoms with Crippen molar-refractivity contribution >= 4 is 40.7 Å². The first-order chi connectivity index (χ1) is 13.1. The summed E-state index contributed by atoms with van der Waals surface area (Å²) in [7, 11) is 1.28. The Morgan fingerprint density at radius 2 is 1.85 bits per heavy atom. The van der Waals surface area contributed by atoms with E-state index in [1.165, 1.54) is 19.5 Å². The smallest absolute Gasteiger partial charge is 0.339 e. The van der Waals surface area contributed by atoms with E-state index in [0.717, 1.165) is 5.69 Å². The normalized spacial score (nSPS) is 10.1. The van der Waals surface area contributed by atoms with E-state index < -0.39 is 11.9 Å². The Labute approximate surface area is 160 Å². The number of aromatic nitrogens is 2. The molecule has 0 bridgehead atoms.